The fourth-order valence-electron chi connectivity index (χ4n) is 3.77. The van der Waals surface area contributed by atoms with Gasteiger partial charge in [0.25, 0.3) is 10.0 Å². The maximum atomic E-state index is 12.7. The summed E-state index contributed by atoms with van der Waals surface area (Å²) < 4.78 is 28.7. The van der Waals surface area contributed by atoms with E-state index in [-0.39, 0.29) is 4.90 Å². The first-order valence-electron chi connectivity index (χ1n) is 9.01. The highest BCUT2D eigenvalue weighted by Gasteiger charge is 2.22. The molecule has 27 heavy (non-hydrogen) atoms. The molecule has 142 valence electrons. The standard InChI is InChI=1S/C20H22BrN3O2S/c1-24-10-4-5-16(24)11-14-13-22-19-9-8-15(12-17(14)19)23-27(25,26)20-7-3-2-6-18(20)21/h2-3,6-9,12-13,16,22-23H,4-5,10-11H2,1H3/t16-/m0/s1. The zero-order valence-corrected chi connectivity index (χ0v) is 17.5. The Balaban J connectivity index is 1.63. The molecule has 1 aliphatic heterocycles. The maximum Gasteiger partial charge on any atom is 0.263 e. The first kappa shape index (κ1) is 18.5. The molecule has 2 heterocycles. The van der Waals surface area contributed by atoms with Gasteiger partial charge in [0.15, 0.2) is 0 Å². The highest BCUT2D eigenvalue weighted by atomic mass is 79.9. The Morgan fingerprint density at radius 3 is 2.81 bits per heavy atom. The molecule has 0 amide bonds. The highest BCUT2D eigenvalue weighted by molar-refractivity contribution is 9.10. The van der Waals surface area contributed by atoms with Gasteiger partial charge in [0, 0.05) is 33.3 Å². The third-order valence-corrected chi connectivity index (χ3v) is 7.67. The van der Waals surface area contributed by atoms with Crippen LogP contribution in [0.15, 0.2) is 58.0 Å². The van der Waals surface area contributed by atoms with E-state index in [0.717, 1.165) is 23.9 Å². The first-order valence-corrected chi connectivity index (χ1v) is 11.3. The van der Waals surface area contributed by atoms with E-state index in [4.69, 9.17) is 0 Å². The number of hydrogen-bond donors (Lipinski definition) is 2. The van der Waals surface area contributed by atoms with E-state index in [9.17, 15) is 8.42 Å². The van der Waals surface area contributed by atoms with E-state index >= 15 is 0 Å². The average Bonchev–Trinajstić information content (AvgIpc) is 3.22. The monoisotopic (exact) mass is 447 g/mol. The molecule has 1 fully saturated rings. The summed E-state index contributed by atoms with van der Waals surface area (Å²) in [6.07, 6.45) is 5.46. The lowest BCUT2D eigenvalue weighted by molar-refractivity contribution is 0.310. The molecule has 7 heteroatoms. The zero-order valence-electron chi connectivity index (χ0n) is 15.1. The summed E-state index contributed by atoms with van der Waals surface area (Å²) in [6, 6.07) is 13.0. The summed E-state index contributed by atoms with van der Waals surface area (Å²) in [7, 11) is -1.48. The third-order valence-electron chi connectivity index (χ3n) is 5.27. The van der Waals surface area contributed by atoms with Gasteiger partial charge in [-0.3, -0.25) is 4.72 Å². The van der Waals surface area contributed by atoms with Crippen LogP contribution in [-0.2, 0) is 16.4 Å². The number of anilines is 1. The number of nitrogens with one attached hydrogen (secondary N) is 2. The maximum absolute atomic E-state index is 12.7. The Kier molecular flexibility index (Phi) is 5.01. The summed E-state index contributed by atoms with van der Waals surface area (Å²) in [5.41, 5.74) is 2.82. The molecular formula is C20H22BrN3O2S. The van der Waals surface area contributed by atoms with E-state index in [2.05, 4.69) is 37.6 Å². The topological polar surface area (TPSA) is 65.2 Å². The Morgan fingerprint density at radius 1 is 1.26 bits per heavy atom. The lowest BCUT2D eigenvalue weighted by atomic mass is 10.0. The average molecular weight is 448 g/mol. The Labute approximate surface area is 168 Å². The Morgan fingerprint density at radius 2 is 2.07 bits per heavy atom. The minimum Gasteiger partial charge on any atom is -0.361 e. The Hall–Kier alpha value is -1.83. The first-order chi connectivity index (χ1) is 12.9. The molecule has 0 spiro atoms. The molecule has 0 unspecified atom stereocenters. The molecule has 0 radical (unpaired) electrons. The molecule has 3 aromatic rings. The van der Waals surface area contributed by atoms with E-state index in [1.807, 2.05) is 18.3 Å². The van der Waals surface area contributed by atoms with E-state index in [1.165, 1.54) is 18.4 Å². The summed E-state index contributed by atoms with van der Waals surface area (Å²) in [5.74, 6) is 0. The summed E-state index contributed by atoms with van der Waals surface area (Å²) >= 11 is 3.32. The molecule has 2 aromatic carbocycles. The molecule has 1 saturated heterocycles. The molecule has 0 aliphatic carbocycles. The third kappa shape index (κ3) is 3.77. The van der Waals surface area contributed by atoms with Crippen molar-refractivity contribution < 1.29 is 8.42 Å². The second-order valence-corrected chi connectivity index (χ2v) is 9.60. The predicted molar refractivity (Wildman–Crippen MR) is 113 cm³/mol. The Bertz CT molecular complexity index is 1080. The van der Waals surface area contributed by atoms with Gasteiger partial charge >= 0.3 is 0 Å². The van der Waals surface area contributed by atoms with Gasteiger partial charge in [-0.25, -0.2) is 8.42 Å². The molecule has 1 aromatic heterocycles. The number of halogens is 1. The van der Waals surface area contributed by atoms with E-state index in [0.29, 0.717) is 16.2 Å². The largest absolute Gasteiger partial charge is 0.361 e. The van der Waals surface area contributed by atoms with Gasteiger partial charge in [-0.2, -0.15) is 0 Å². The van der Waals surface area contributed by atoms with Crippen molar-refractivity contribution in [3.8, 4) is 0 Å². The summed E-state index contributed by atoms with van der Waals surface area (Å²) in [6.45, 7) is 1.14. The molecule has 1 atom stereocenters. The molecule has 5 nitrogen and oxygen atoms in total. The van der Waals surface area contributed by atoms with Crippen LogP contribution >= 0.6 is 15.9 Å². The highest BCUT2D eigenvalue weighted by Crippen LogP contribution is 2.29. The van der Waals surface area contributed by atoms with Crippen LogP contribution in [-0.4, -0.2) is 37.9 Å². The number of aromatic amines is 1. The SMILES string of the molecule is CN1CCC[C@H]1Cc1c[nH]c2ccc(NS(=O)(=O)c3ccccc3Br)cc12. The molecule has 4 rings (SSSR count). The fourth-order valence-corrected chi connectivity index (χ4v) is 5.83. The van der Waals surface area contributed by atoms with Crippen molar-refractivity contribution in [2.75, 3.05) is 18.3 Å². The number of hydrogen-bond acceptors (Lipinski definition) is 3. The molecule has 0 saturated carbocycles. The number of nitrogens with zero attached hydrogens (tertiary/aromatic N) is 1. The second-order valence-electron chi connectivity index (χ2n) is 7.09. The summed E-state index contributed by atoms with van der Waals surface area (Å²) in [5, 5.41) is 1.07. The lowest BCUT2D eigenvalue weighted by Gasteiger charge is -2.18. The second kappa shape index (κ2) is 7.30. The minimum atomic E-state index is -3.66. The van der Waals surface area contributed by atoms with Crippen molar-refractivity contribution in [3.63, 3.8) is 0 Å². The van der Waals surface area contributed by atoms with Gasteiger partial charge in [-0.15, -0.1) is 0 Å². The van der Waals surface area contributed by atoms with Crippen molar-refractivity contribution in [2.45, 2.75) is 30.2 Å². The smallest absolute Gasteiger partial charge is 0.263 e. The molecule has 2 N–H and O–H groups in total. The van der Waals surface area contributed by atoms with Crippen LogP contribution in [0.2, 0.25) is 0 Å². The van der Waals surface area contributed by atoms with Crippen molar-refractivity contribution >= 4 is 42.5 Å². The van der Waals surface area contributed by atoms with Crippen molar-refractivity contribution in [1.82, 2.24) is 9.88 Å². The zero-order chi connectivity index (χ0) is 19.0. The molecule has 1 aliphatic rings. The summed E-state index contributed by atoms with van der Waals surface area (Å²) in [4.78, 5) is 5.93. The van der Waals surface area contributed by atoms with Crippen LogP contribution in [0.1, 0.15) is 18.4 Å². The predicted octanol–water partition coefficient (Wildman–Crippen LogP) is 4.37. The van der Waals surface area contributed by atoms with Crippen LogP contribution in [0.25, 0.3) is 10.9 Å². The van der Waals surface area contributed by atoms with Gasteiger partial charge in [0.05, 0.1) is 0 Å². The van der Waals surface area contributed by atoms with Crippen LogP contribution in [0.5, 0.6) is 0 Å². The van der Waals surface area contributed by atoms with E-state index < -0.39 is 10.0 Å². The van der Waals surface area contributed by atoms with Crippen molar-refractivity contribution in [3.05, 3.63) is 58.7 Å². The minimum absolute atomic E-state index is 0.229. The van der Waals surface area contributed by atoms with Gasteiger partial charge in [-0.1, -0.05) is 12.1 Å². The normalized spacial score (nSPS) is 18.2. The van der Waals surface area contributed by atoms with Crippen LogP contribution < -0.4 is 4.72 Å². The van der Waals surface area contributed by atoms with Gasteiger partial charge < -0.3 is 9.88 Å². The fraction of sp³-hybridized carbons (Fsp3) is 0.300. The van der Waals surface area contributed by atoms with Gasteiger partial charge in [0.1, 0.15) is 4.90 Å². The number of likely N-dealkylation sites (N-methyl/N-ethyl adjacent to an activating group) is 1. The number of aromatic nitrogens is 1. The quantitative estimate of drug-likeness (QED) is 0.610. The van der Waals surface area contributed by atoms with Crippen LogP contribution in [0, 0.1) is 0 Å². The van der Waals surface area contributed by atoms with E-state index in [1.54, 1.807) is 30.3 Å². The number of benzene rings is 2. The van der Waals surface area contributed by atoms with Gasteiger partial charge in [-0.05, 0) is 84.7 Å². The number of H-pyrrole nitrogens is 1. The number of likely N-dealkylation sites (tertiary alicyclic amines) is 1. The number of fused-ring (bicyclic) bond motifs is 1. The van der Waals surface area contributed by atoms with Crippen molar-refractivity contribution in [2.24, 2.45) is 0 Å². The van der Waals surface area contributed by atoms with Crippen LogP contribution in [0.3, 0.4) is 0 Å². The lowest BCUT2D eigenvalue weighted by Crippen LogP contribution is -2.26. The molecular weight excluding hydrogens is 426 g/mol. The van der Waals surface area contributed by atoms with Gasteiger partial charge in [0.2, 0.25) is 0 Å². The van der Waals surface area contributed by atoms with Crippen LogP contribution in [0.4, 0.5) is 5.69 Å². The van der Waals surface area contributed by atoms with Crippen molar-refractivity contribution in [1.29, 1.82) is 0 Å². The molecule has 0 bridgehead atoms. The number of sulfonamides is 1. The number of rotatable bonds is 5.